The van der Waals surface area contributed by atoms with Crippen LogP contribution in [0.4, 0.5) is 5.69 Å². The van der Waals surface area contributed by atoms with Gasteiger partial charge in [-0.3, -0.25) is 4.79 Å². The number of rotatable bonds is 9. The van der Waals surface area contributed by atoms with E-state index in [1.807, 2.05) is 55.5 Å². The standard InChI is InChI=1S/C30H33N5O5S2/c1-18-14-19(2)27(20(3)15-18)42(38,39)35-26(30(36)40-4)17-23-11-10-22(21-8-6-5-7-9-21)16-25(23)32-29-28(31-24-12-13-24)33-41(37)34-29/h5-11,14-16,24,26,35H,12-13,17H2,1-4H3,(H,31,33)(H,32,34)/t26-,41?/m0/s1. The van der Waals surface area contributed by atoms with Crippen molar-refractivity contribution in [2.45, 2.75) is 57.0 Å². The zero-order valence-electron chi connectivity index (χ0n) is 23.8. The summed E-state index contributed by atoms with van der Waals surface area (Å²) in [4.78, 5) is 13.1. The van der Waals surface area contributed by atoms with Crippen LogP contribution in [0.15, 0.2) is 74.4 Å². The van der Waals surface area contributed by atoms with Gasteiger partial charge >= 0.3 is 5.97 Å². The number of aryl methyl sites for hydroxylation is 3. The zero-order chi connectivity index (χ0) is 30.0. The third kappa shape index (κ3) is 6.77. The zero-order valence-corrected chi connectivity index (χ0v) is 25.4. The Morgan fingerprint density at radius 1 is 0.976 bits per heavy atom. The molecule has 1 heterocycles. The summed E-state index contributed by atoms with van der Waals surface area (Å²) in [6.45, 7) is 5.36. The molecule has 1 unspecified atom stereocenters. The molecular weight excluding hydrogens is 574 g/mol. The first kappa shape index (κ1) is 29.6. The monoisotopic (exact) mass is 607 g/mol. The number of nitrogens with zero attached hydrogens (tertiary/aromatic N) is 2. The van der Waals surface area contributed by atoms with Crippen molar-refractivity contribution in [3.05, 3.63) is 82.9 Å². The quantitative estimate of drug-likeness (QED) is 0.314. The molecule has 42 heavy (non-hydrogen) atoms. The second-order valence-corrected chi connectivity index (χ2v) is 13.0. The SMILES string of the molecule is COC(=O)[C@H](Cc1ccc(-c2ccccc2)cc1NC1=NS(=O)N=C1NC1CC1)NS(=O)(=O)c1c(C)cc(C)cc1C. The van der Waals surface area contributed by atoms with Gasteiger partial charge < -0.3 is 15.4 Å². The highest BCUT2D eigenvalue weighted by Crippen LogP contribution is 2.29. The van der Waals surface area contributed by atoms with Gasteiger partial charge in [-0.2, -0.15) is 4.72 Å². The summed E-state index contributed by atoms with van der Waals surface area (Å²) in [5.74, 6) is -0.00807. The number of carbonyl (C=O) groups excluding carboxylic acids is 1. The van der Waals surface area contributed by atoms with E-state index in [1.54, 1.807) is 26.0 Å². The number of hydrogen-bond donors (Lipinski definition) is 3. The molecule has 220 valence electrons. The van der Waals surface area contributed by atoms with Crippen LogP contribution in [0.1, 0.15) is 35.1 Å². The van der Waals surface area contributed by atoms with Gasteiger partial charge in [0.15, 0.2) is 11.7 Å². The number of anilines is 1. The van der Waals surface area contributed by atoms with Crippen molar-refractivity contribution in [2.24, 2.45) is 8.80 Å². The van der Waals surface area contributed by atoms with Crippen molar-refractivity contribution in [2.75, 3.05) is 12.4 Å². The Hall–Kier alpha value is -3.87. The predicted octanol–water partition coefficient (Wildman–Crippen LogP) is 3.89. The van der Waals surface area contributed by atoms with Gasteiger partial charge in [-0.1, -0.05) is 60.2 Å². The number of sulfonamides is 1. The van der Waals surface area contributed by atoms with E-state index in [0.29, 0.717) is 34.0 Å². The van der Waals surface area contributed by atoms with Crippen LogP contribution < -0.4 is 15.4 Å². The molecule has 0 bridgehead atoms. The highest BCUT2D eigenvalue weighted by atomic mass is 32.2. The highest BCUT2D eigenvalue weighted by Gasteiger charge is 2.31. The lowest BCUT2D eigenvalue weighted by Gasteiger charge is -2.21. The van der Waals surface area contributed by atoms with E-state index >= 15 is 0 Å². The fraction of sp³-hybridized carbons (Fsp3) is 0.300. The van der Waals surface area contributed by atoms with Crippen molar-refractivity contribution >= 4 is 44.5 Å². The molecule has 1 aliphatic heterocycles. The molecule has 0 spiro atoms. The van der Waals surface area contributed by atoms with E-state index in [4.69, 9.17) is 4.74 Å². The fourth-order valence-corrected chi connectivity index (χ4v) is 7.30. The normalized spacial score (nSPS) is 17.3. The number of hydrogen-bond acceptors (Lipinski definition) is 7. The molecule has 0 amide bonds. The van der Waals surface area contributed by atoms with Crippen LogP contribution in [0, 0.1) is 20.8 Å². The molecular formula is C30H33N5O5S2. The molecule has 10 nitrogen and oxygen atoms in total. The lowest BCUT2D eigenvalue weighted by molar-refractivity contribution is -0.142. The number of benzene rings is 3. The van der Waals surface area contributed by atoms with Crippen LogP contribution in [0.3, 0.4) is 0 Å². The minimum atomic E-state index is -4.09. The molecule has 2 aliphatic rings. The van der Waals surface area contributed by atoms with E-state index in [1.165, 1.54) is 7.11 Å². The molecule has 2 atom stereocenters. The highest BCUT2D eigenvalue weighted by molar-refractivity contribution is 7.89. The second kappa shape index (κ2) is 12.2. The molecule has 1 fully saturated rings. The maximum atomic E-state index is 13.6. The van der Waals surface area contributed by atoms with Crippen LogP contribution in [0.25, 0.3) is 11.1 Å². The van der Waals surface area contributed by atoms with Crippen LogP contribution in [0.5, 0.6) is 0 Å². The van der Waals surface area contributed by atoms with Gasteiger partial charge in [0.2, 0.25) is 10.0 Å². The minimum absolute atomic E-state index is 0.0217. The Morgan fingerprint density at radius 2 is 1.64 bits per heavy atom. The maximum Gasteiger partial charge on any atom is 0.324 e. The summed E-state index contributed by atoms with van der Waals surface area (Å²) in [6.07, 6.45) is 1.97. The molecule has 1 saturated carbocycles. The third-order valence-corrected chi connectivity index (χ3v) is 9.49. The molecule has 3 aromatic rings. The van der Waals surface area contributed by atoms with Gasteiger partial charge in [-0.05, 0) is 67.5 Å². The van der Waals surface area contributed by atoms with Gasteiger partial charge in [-0.15, -0.1) is 8.80 Å². The van der Waals surface area contributed by atoms with Gasteiger partial charge in [0.1, 0.15) is 6.04 Å². The van der Waals surface area contributed by atoms with Crippen molar-refractivity contribution in [1.29, 1.82) is 0 Å². The van der Waals surface area contributed by atoms with Gasteiger partial charge in [0, 0.05) is 18.2 Å². The molecule has 3 N–H and O–H groups in total. The Labute approximate surface area is 248 Å². The maximum absolute atomic E-state index is 13.6. The predicted molar refractivity (Wildman–Crippen MR) is 165 cm³/mol. The van der Waals surface area contributed by atoms with E-state index in [2.05, 4.69) is 24.2 Å². The fourth-order valence-electron chi connectivity index (χ4n) is 5.04. The lowest BCUT2D eigenvalue weighted by atomic mass is 9.98. The first-order valence-corrected chi connectivity index (χ1v) is 16.1. The summed E-state index contributed by atoms with van der Waals surface area (Å²) < 4.78 is 55.3. The first-order chi connectivity index (χ1) is 20.0. The van der Waals surface area contributed by atoms with Crippen molar-refractivity contribution in [3.63, 3.8) is 0 Å². The van der Waals surface area contributed by atoms with Gasteiger partial charge in [-0.25, -0.2) is 12.6 Å². The molecule has 3 aromatic carbocycles. The summed E-state index contributed by atoms with van der Waals surface area (Å²) in [5.41, 5.74) is 5.14. The van der Waals surface area contributed by atoms with Crippen molar-refractivity contribution < 1.29 is 22.2 Å². The van der Waals surface area contributed by atoms with Crippen LogP contribution in [-0.4, -0.2) is 49.5 Å². The number of ether oxygens (including phenoxy) is 1. The van der Waals surface area contributed by atoms with Crippen LogP contribution in [0.2, 0.25) is 0 Å². The number of amidine groups is 2. The Morgan fingerprint density at radius 3 is 2.29 bits per heavy atom. The van der Waals surface area contributed by atoms with Crippen LogP contribution >= 0.6 is 0 Å². The van der Waals surface area contributed by atoms with Crippen molar-refractivity contribution in [3.8, 4) is 11.1 Å². The topological polar surface area (TPSA) is 138 Å². The average Bonchev–Trinajstić information content (AvgIpc) is 3.69. The second-order valence-electron chi connectivity index (χ2n) is 10.5. The number of methoxy groups -OCH3 is 1. The van der Waals surface area contributed by atoms with Gasteiger partial charge in [0.05, 0.1) is 12.0 Å². The van der Waals surface area contributed by atoms with E-state index in [9.17, 15) is 17.4 Å². The lowest BCUT2D eigenvalue weighted by Crippen LogP contribution is -2.43. The van der Waals surface area contributed by atoms with Crippen molar-refractivity contribution in [1.82, 2.24) is 10.0 Å². The third-order valence-electron chi connectivity index (χ3n) is 7.03. The number of nitrogens with one attached hydrogen (secondary N) is 3. The number of esters is 1. The summed E-state index contributed by atoms with van der Waals surface area (Å²) in [7, 11) is -2.87. The molecule has 0 radical (unpaired) electrons. The largest absolute Gasteiger partial charge is 0.468 e. The Kier molecular flexibility index (Phi) is 8.58. The molecule has 0 saturated heterocycles. The van der Waals surface area contributed by atoms with Crippen LogP contribution in [-0.2, 0) is 37.1 Å². The smallest absolute Gasteiger partial charge is 0.324 e. The molecule has 12 heteroatoms. The Balaban J connectivity index is 1.50. The summed E-state index contributed by atoms with van der Waals surface area (Å²) in [5, 5.41) is 6.50. The van der Waals surface area contributed by atoms with E-state index in [0.717, 1.165) is 29.5 Å². The molecule has 1 aliphatic carbocycles. The molecule has 5 rings (SSSR count). The van der Waals surface area contributed by atoms with E-state index in [-0.39, 0.29) is 17.4 Å². The van der Waals surface area contributed by atoms with E-state index < -0.39 is 33.2 Å². The number of carbonyl (C=O) groups is 1. The minimum Gasteiger partial charge on any atom is -0.468 e. The van der Waals surface area contributed by atoms with Gasteiger partial charge in [0.25, 0.3) is 11.2 Å². The summed E-state index contributed by atoms with van der Waals surface area (Å²) in [6, 6.07) is 18.0. The Bertz CT molecular complexity index is 1690. The first-order valence-electron chi connectivity index (χ1n) is 13.5. The average molecular weight is 608 g/mol. The summed E-state index contributed by atoms with van der Waals surface area (Å²) >= 11 is -1.77. The molecule has 0 aromatic heterocycles.